The molecule has 1 aromatic carbocycles. The van der Waals surface area contributed by atoms with Gasteiger partial charge in [-0.3, -0.25) is 0 Å². The minimum Gasteiger partial charge on any atom is -0.445 e. The zero-order valence-corrected chi connectivity index (χ0v) is 23.9. The van der Waals surface area contributed by atoms with Gasteiger partial charge in [-0.2, -0.15) is 0 Å². The minimum absolute atomic E-state index is 0.270. The summed E-state index contributed by atoms with van der Waals surface area (Å²) in [6.45, 7) is 4.46. The SMILES string of the molecule is CCCCCCCCCCCCCCCCCCNC(=O)OCc1ccccc1COCCCCCl. The van der Waals surface area contributed by atoms with Gasteiger partial charge in [-0.15, -0.1) is 11.6 Å². The van der Waals surface area contributed by atoms with E-state index >= 15 is 0 Å². The second-order valence-corrected chi connectivity index (χ2v) is 10.4. The number of carbonyl (C=O) groups excluding carboxylic acids is 1. The molecule has 1 amide bonds. The van der Waals surface area contributed by atoms with Gasteiger partial charge in [-0.1, -0.05) is 128 Å². The number of hydrogen-bond donors (Lipinski definition) is 1. The second kappa shape index (κ2) is 25.4. The summed E-state index contributed by atoms with van der Waals surface area (Å²) >= 11 is 5.70. The smallest absolute Gasteiger partial charge is 0.407 e. The first kappa shape index (κ1) is 32.8. The highest BCUT2D eigenvalue weighted by Crippen LogP contribution is 2.14. The third-order valence-electron chi connectivity index (χ3n) is 6.71. The van der Waals surface area contributed by atoms with Crippen LogP contribution in [0.1, 0.15) is 134 Å². The summed E-state index contributed by atoms with van der Waals surface area (Å²) in [5.41, 5.74) is 2.06. The molecule has 0 radical (unpaired) electrons. The number of alkyl halides is 1. The van der Waals surface area contributed by atoms with Crippen LogP contribution in [0, 0.1) is 0 Å². The molecular weight excluding hydrogens is 470 g/mol. The van der Waals surface area contributed by atoms with Crippen LogP contribution in [0.2, 0.25) is 0 Å². The van der Waals surface area contributed by atoms with Gasteiger partial charge in [0.1, 0.15) is 6.61 Å². The zero-order valence-electron chi connectivity index (χ0n) is 23.2. The van der Waals surface area contributed by atoms with E-state index in [1.54, 1.807) is 0 Å². The molecule has 0 atom stereocenters. The Morgan fingerprint density at radius 3 is 1.72 bits per heavy atom. The molecule has 1 rings (SSSR count). The van der Waals surface area contributed by atoms with E-state index in [1.165, 1.54) is 96.3 Å². The van der Waals surface area contributed by atoms with Crippen LogP contribution in [-0.2, 0) is 22.7 Å². The highest BCUT2D eigenvalue weighted by atomic mass is 35.5. The van der Waals surface area contributed by atoms with Crippen molar-refractivity contribution in [2.45, 2.75) is 136 Å². The highest BCUT2D eigenvalue weighted by molar-refractivity contribution is 6.17. The van der Waals surface area contributed by atoms with Crippen molar-refractivity contribution >= 4 is 17.7 Å². The number of alkyl carbamates (subject to hydrolysis) is 1. The lowest BCUT2D eigenvalue weighted by atomic mass is 10.0. The first-order valence-corrected chi connectivity index (χ1v) is 15.4. The molecule has 0 spiro atoms. The van der Waals surface area contributed by atoms with Crippen LogP contribution in [-0.4, -0.2) is 25.1 Å². The Labute approximate surface area is 227 Å². The number of unbranched alkanes of at least 4 members (excludes halogenated alkanes) is 16. The van der Waals surface area contributed by atoms with Crippen LogP contribution in [0.4, 0.5) is 4.79 Å². The minimum atomic E-state index is -0.339. The molecule has 0 saturated carbocycles. The van der Waals surface area contributed by atoms with Crippen molar-refractivity contribution in [3.8, 4) is 0 Å². The molecule has 0 aliphatic rings. The number of rotatable bonds is 25. The molecule has 1 N–H and O–H groups in total. The Morgan fingerprint density at radius 2 is 1.19 bits per heavy atom. The van der Waals surface area contributed by atoms with Crippen molar-refractivity contribution in [1.82, 2.24) is 5.32 Å². The van der Waals surface area contributed by atoms with E-state index in [2.05, 4.69) is 12.2 Å². The first-order chi connectivity index (χ1) is 17.8. The van der Waals surface area contributed by atoms with Gasteiger partial charge in [0.2, 0.25) is 0 Å². The number of carbonyl (C=O) groups is 1. The van der Waals surface area contributed by atoms with Crippen molar-refractivity contribution < 1.29 is 14.3 Å². The second-order valence-electron chi connectivity index (χ2n) is 10.0. The third-order valence-corrected chi connectivity index (χ3v) is 6.97. The van der Waals surface area contributed by atoms with Crippen LogP contribution in [0.5, 0.6) is 0 Å². The number of halogens is 1. The fourth-order valence-corrected chi connectivity index (χ4v) is 4.57. The Hall–Kier alpha value is -1.26. The summed E-state index contributed by atoms with van der Waals surface area (Å²) in [5, 5.41) is 2.88. The molecule has 0 bridgehead atoms. The van der Waals surface area contributed by atoms with Crippen LogP contribution >= 0.6 is 11.6 Å². The van der Waals surface area contributed by atoms with Gasteiger partial charge < -0.3 is 14.8 Å². The monoisotopic (exact) mass is 523 g/mol. The maximum atomic E-state index is 12.0. The summed E-state index contributed by atoms with van der Waals surface area (Å²) in [5.74, 6) is 0.669. The van der Waals surface area contributed by atoms with E-state index in [4.69, 9.17) is 21.1 Å². The van der Waals surface area contributed by atoms with Gasteiger partial charge in [-0.05, 0) is 30.4 Å². The van der Waals surface area contributed by atoms with Crippen LogP contribution < -0.4 is 5.32 Å². The third kappa shape index (κ3) is 19.9. The number of hydrogen-bond acceptors (Lipinski definition) is 3. The molecule has 0 aliphatic carbocycles. The average molecular weight is 524 g/mol. The maximum absolute atomic E-state index is 12.0. The van der Waals surface area contributed by atoms with Crippen molar-refractivity contribution in [3.63, 3.8) is 0 Å². The molecule has 36 heavy (non-hydrogen) atoms. The molecule has 208 valence electrons. The molecule has 0 heterocycles. The van der Waals surface area contributed by atoms with Crippen molar-refractivity contribution in [1.29, 1.82) is 0 Å². The molecule has 4 nitrogen and oxygen atoms in total. The Bertz CT molecular complexity index is 626. The zero-order chi connectivity index (χ0) is 25.9. The van der Waals surface area contributed by atoms with E-state index < -0.39 is 0 Å². The van der Waals surface area contributed by atoms with E-state index in [9.17, 15) is 4.79 Å². The predicted octanol–water partition coefficient (Wildman–Crippen LogP) is 9.71. The fraction of sp³-hybridized carbons (Fsp3) is 0.774. The Kier molecular flexibility index (Phi) is 23.1. The maximum Gasteiger partial charge on any atom is 0.407 e. The summed E-state index contributed by atoms with van der Waals surface area (Å²) in [6, 6.07) is 7.96. The van der Waals surface area contributed by atoms with E-state index in [-0.39, 0.29) is 12.7 Å². The standard InChI is InChI=1S/C31H54ClNO3/c1-2-3-4-5-6-7-8-9-10-11-12-13-14-15-16-20-25-33-31(34)36-28-30-23-18-17-22-29(30)27-35-26-21-19-24-32/h17-18,22-23H,2-16,19-21,24-28H2,1H3,(H,33,34). The van der Waals surface area contributed by atoms with Crippen molar-refractivity contribution in [2.24, 2.45) is 0 Å². The summed E-state index contributed by atoms with van der Waals surface area (Å²) in [6.07, 6.45) is 23.2. The van der Waals surface area contributed by atoms with Gasteiger partial charge in [0.15, 0.2) is 0 Å². The van der Waals surface area contributed by atoms with Crippen molar-refractivity contribution in [2.75, 3.05) is 19.0 Å². The molecule has 0 saturated heterocycles. The lowest BCUT2D eigenvalue weighted by Crippen LogP contribution is -2.25. The molecule has 5 heteroatoms. The Balaban J connectivity index is 1.92. The normalized spacial score (nSPS) is 11.1. The number of nitrogens with one attached hydrogen (secondary N) is 1. The van der Waals surface area contributed by atoms with E-state index in [0.717, 1.165) is 30.4 Å². The number of benzene rings is 1. The molecule has 0 aliphatic heterocycles. The number of amides is 1. The van der Waals surface area contributed by atoms with Gasteiger partial charge in [0.25, 0.3) is 0 Å². The van der Waals surface area contributed by atoms with Crippen LogP contribution in [0.25, 0.3) is 0 Å². The van der Waals surface area contributed by atoms with Crippen molar-refractivity contribution in [3.05, 3.63) is 35.4 Å². The summed E-state index contributed by atoms with van der Waals surface area (Å²) in [4.78, 5) is 12.0. The summed E-state index contributed by atoms with van der Waals surface area (Å²) < 4.78 is 11.1. The molecular formula is C31H54ClNO3. The first-order valence-electron chi connectivity index (χ1n) is 14.9. The summed E-state index contributed by atoms with van der Waals surface area (Å²) in [7, 11) is 0. The van der Waals surface area contributed by atoms with Gasteiger partial charge in [0, 0.05) is 19.0 Å². The Morgan fingerprint density at radius 1 is 0.694 bits per heavy atom. The topological polar surface area (TPSA) is 47.6 Å². The average Bonchev–Trinajstić information content (AvgIpc) is 2.89. The predicted molar refractivity (Wildman–Crippen MR) is 154 cm³/mol. The molecule has 0 fully saturated rings. The fourth-order valence-electron chi connectivity index (χ4n) is 4.38. The molecule has 0 unspecified atom stereocenters. The molecule has 0 aromatic heterocycles. The van der Waals surface area contributed by atoms with Gasteiger partial charge >= 0.3 is 6.09 Å². The highest BCUT2D eigenvalue weighted by Gasteiger charge is 2.06. The largest absolute Gasteiger partial charge is 0.445 e. The lowest BCUT2D eigenvalue weighted by Gasteiger charge is -2.11. The molecule has 1 aromatic rings. The van der Waals surface area contributed by atoms with Crippen LogP contribution in [0.15, 0.2) is 24.3 Å². The quantitative estimate of drug-likeness (QED) is 0.102. The van der Waals surface area contributed by atoms with E-state index in [1.807, 2.05) is 24.3 Å². The van der Waals surface area contributed by atoms with Gasteiger partial charge in [-0.25, -0.2) is 4.79 Å². The lowest BCUT2D eigenvalue weighted by molar-refractivity contribution is 0.114. The van der Waals surface area contributed by atoms with Gasteiger partial charge in [0.05, 0.1) is 6.61 Å². The van der Waals surface area contributed by atoms with E-state index in [0.29, 0.717) is 25.6 Å². The van der Waals surface area contributed by atoms with Crippen LogP contribution in [0.3, 0.4) is 0 Å². The number of ether oxygens (including phenoxy) is 2.